The van der Waals surface area contributed by atoms with Crippen molar-refractivity contribution in [2.45, 2.75) is 18.2 Å². The van der Waals surface area contributed by atoms with Crippen molar-refractivity contribution in [2.75, 3.05) is 38.4 Å². The van der Waals surface area contributed by atoms with Gasteiger partial charge in [-0.3, -0.25) is 0 Å². The van der Waals surface area contributed by atoms with Crippen LogP contribution in [-0.2, 0) is 0 Å². The molecule has 1 aliphatic heterocycles. The van der Waals surface area contributed by atoms with Crippen molar-refractivity contribution in [3.8, 4) is 0 Å². The maximum atomic E-state index is 3.59. The first-order valence-electron chi connectivity index (χ1n) is 7.17. The Kier molecular flexibility index (Phi) is 3.57. The molecule has 0 aromatic heterocycles. The molecule has 0 fully saturated rings. The summed E-state index contributed by atoms with van der Waals surface area (Å²) in [5.41, 5.74) is 6.41. The lowest BCUT2D eigenvalue weighted by atomic mass is 10.1. The number of rotatable bonds is 1. The summed E-state index contributed by atoms with van der Waals surface area (Å²) in [6.45, 7) is 2.17. The number of nitrogens with zero attached hydrogens (tertiary/aromatic N) is 2. The Morgan fingerprint density at radius 2 is 1.95 bits per heavy atom. The van der Waals surface area contributed by atoms with E-state index in [-0.39, 0.29) is 0 Å². The van der Waals surface area contributed by atoms with Gasteiger partial charge < -0.3 is 10.2 Å². The molecule has 3 nitrogen and oxygen atoms in total. The number of anilines is 2. The summed E-state index contributed by atoms with van der Waals surface area (Å²) in [6, 6.07) is 4.54. The second-order valence-corrected chi connectivity index (χ2v) is 7.13. The Morgan fingerprint density at radius 1 is 1.19 bits per heavy atom. The molecule has 0 unspecified atom stereocenters. The highest BCUT2D eigenvalue weighted by molar-refractivity contribution is 8.03. The van der Waals surface area contributed by atoms with Crippen LogP contribution in [0.1, 0.15) is 12.0 Å². The Balaban J connectivity index is 1.98. The van der Waals surface area contributed by atoms with Gasteiger partial charge in [-0.1, -0.05) is 11.8 Å². The average Bonchev–Trinajstić information content (AvgIpc) is 2.43. The number of benzene rings is 1. The third-order valence-electron chi connectivity index (χ3n) is 3.94. The summed E-state index contributed by atoms with van der Waals surface area (Å²) in [6.07, 6.45) is 5.40. The van der Waals surface area contributed by atoms with Crippen LogP contribution in [0.3, 0.4) is 0 Å². The lowest BCUT2D eigenvalue weighted by Crippen LogP contribution is -2.18. The van der Waals surface area contributed by atoms with Crippen molar-refractivity contribution in [1.29, 1.82) is 0 Å². The predicted molar refractivity (Wildman–Crippen MR) is 92.9 cm³/mol. The monoisotopic (exact) mass is 300 g/mol. The van der Waals surface area contributed by atoms with Crippen LogP contribution in [0.2, 0.25) is 0 Å². The third kappa shape index (κ3) is 2.60. The van der Waals surface area contributed by atoms with E-state index in [2.05, 4.69) is 74.2 Å². The maximum absolute atomic E-state index is 3.59. The fourth-order valence-corrected chi connectivity index (χ4v) is 3.82. The normalized spacial score (nSPS) is 16.3. The molecular weight excluding hydrogens is 278 g/mol. The minimum atomic E-state index is 1.00. The van der Waals surface area contributed by atoms with E-state index in [0.29, 0.717) is 0 Å². The number of thioether (sulfide) groups is 1. The highest BCUT2D eigenvalue weighted by Gasteiger charge is 2.24. The molecule has 0 saturated carbocycles. The zero-order valence-corrected chi connectivity index (χ0v) is 14.1. The Morgan fingerprint density at radius 3 is 2.62 bits per heavy atom. The van der Waals surface area contributed by atoms with E-state index in [9.17, 15) is 0 Å². The van der Waals surface area contributed by atoms with Crippen LogP contribution in [0.5, 0.6) is 0 Å². The molecule has 1 N–H and O–H groups in total. The molecule has 0 atom stereocenters. The number of hydrogen-bond donors (Lipinski definition) is 1. The predicted octanol–water partition coefficient (Wildman–Crippen LogP) is 3.46. The standard InChI is InChI=1S/C17H22N3S/c1-11-8-14-17(10-15(11)20(4)5)21-16-9-12(19(2)3)6-7-13(16)18-14/h6-8,10,18H,9H2,1-5H3/q+1. The van der Waals surface area contributed by atoms with E-state index >= 15 is 0 Å². The molecule has 0 amide bonds. The first-order chi connectivity index (χ1) is 9.95. The first-order valence-corrected chi connectivity index (χ1v) is 7.98. The van der Waals surface area contributed by atoms with Gasteiger partial charge in [0, 0.05) is 41.4 Å². The van der Waals surface area contributed by atoms with Crippen molar-refractivity contribution in [3.63, 3.8) is 0 Å². The number of hydrogen-bond acceptors (Lipinski definition) is 3. The van der Waals surface area contributed by atoms with Gasteiger partial charge >= 0.3 is 0 Å². The molecule has 1 heterocycles. The Labute approximate surface area is 131 Å². The summed E-state index contributed by atoms with van der Waals surface area (Å²) < 4.78 is 2.19. The summed E-state index contributed by atoms with van der Waals surface area (Å²) in [5, 5.41) is 3.59. The second-order valence-electron chi connectivity index (χ2n) is 5.99. The minimum absolute atomic E-state index is 1.00. The van der Waals surface area contributed by atoms with Gasteiger partial charge in [-0.2, -0.15) is 0 Å². The molecular formula is C17H22N3S+. The highest BCUT2D eigenvalue weighted by Crippen LogP contribution is 2.45. The van der Waals surface area contributed by atoms with Crippen molar-refractivity contribution < 1.29 is 4.58 Å². The van der Waals surface area contributed by atoms with Crippen LogP contribution in [0, 0.1) is 6.92 Å². The molecule has 4 heteroatoms. The zero-order chi connectivity index (χ0) is 15.1. The fourth-order valence-electron chi connectivity index (χ4n) is 2.72. The second kappa shape index (κ2) is 5.26. The molecule has 1 aromatic carbocycles. The van der Waals surface area contributed by atoms with Crippen molar-refractivity contribution in [3.05, 3.63) is 40.5 Å². The van der Waals surface area contributed by atoms with Gasteiger partial charge in [0.15, 0.2) is 5.71 Å². The zero-order valence-electron chi connectivity index (χ0n) is 13.3. The number of aryl methyl sites for hydroxylation is 1. The molecule has 0 bridgehead atoms. The lowest BCUT2D eigenvalue weighted by Gasteiger charge is -2.27. The van der Waals surface area contributed by atoms with E-state index < -0.39 is 0 Å². The van der Waals surface area contributed by atoms with Crippen LogP contribution in [0.4, 0.5) is 11.4 Å². The quantitative estimate of drug-likeness (QED) is 0.801. The van der Waals surface area contributed by atoms with Crippen LogP contribution >= 0.6 is 11.8 Å². The molecule has 2 aliphatic rings. The van der Waals surface area contributed by atoms with Gasteiger partial charge in [0.25, 0.3) is 0 Å². The van der Waals surface area contributed by atoms with Crippen molar-refractivity contribution in [1.82, 2.24) is 0 Å². The molecule has 0 saturated heterocycles. The van der Waals surface area contributed by atoms with E-state index in [1.807, 2.05) is 11.8 Å². The summed E-state index contributed by atoms with van der Waals surface area (Å²) in [5.74, 6) is 0. The Bertz CT molecular complexity index is 692. The molecule has 3 rings (SSSR count). The summed E-state index contributed by atoms with van der Waals surface area (Å²) in [4.78, 5) is 4.90. The highest BCUT2D eigenvalue weighted by atomic mass is 32.2. The molecule has 1 aliphatic carbocycles. The topological polar surface area (TPSA) is 18.3 Å². The van der Waals surface area contributed by atoms with Gasteiger partial charge in [0.2, 0.25) is 0 Å². The average molecular weight is 300 g/mol. The summed E-state index contributed by atoms with van der Waals surface area (Å²) in [7, 11) is 8.41. The lowest BCUT2D eigenvalue weighted by molar-refractivity contribution is -0.464. The van der Waals surface area contributed by atoms with E-state index in [1.54, 1.807) is 0 Å². The third-order valence-corrected chi connectivity index (χ3v) is 5.11. The number of fused-ring (bicyclic) bond motifs is 1. The van der Waals surface area contributed by atoms with Crippen molar-refractivity contribution >= 4 is 28.8 Å². The Hall–Kier alpha value is -1.68. The smallest absolute Gasteiger partial charge is 0.180 e. The molecule has 0 spiro atoms. The first kappa shape index (κ1) is 14.3. The number of allylic oxidation sites excluding steroid dienone is 3. The van der Waals surface area contributed by atoms with Gasteiger partial charge in [0.1, 0.15) is 14.1 Å². The van der Waals surface area contributed by atoms with Gasteiger partial charge in [0.05, 0.1) is 12.1 Å². The molecule has 21 heavy (non-hydrogen) atoms. The maximum Gasteiger partial charge on any atom is 0.180 e. The molecule has 0 radical (unpaired) electrons. The molecule has 1 aromatic rings. The van der Waals surface area contributed by atoms with E-state index in [0.717, 1.165) is 6.42 Å². The summed E-state index contributed by atoms with van der Waals surface area (Å²) >= 11 is 1.89. The fraction of sp³-hybridized carbons (Fsp3) is 0.353. The largest absolute Gasteiger partial charge is 0.377 e. The van der Waals surface area contributed by atoms with Crippen molar-refractivity contribution in [2.24, 2.45) is 0 Å². The number of nitrogens with one attached hydrogen (secondary N) is 1. The van der Waals surface area contributed by atoms with Crippen LogP contribution in [0.15, 0.2) is 39.8 Å². The van der Waals surface area contributed by atoms with E-state index in [4.69, 9.17) is 0 Å². The molecule has 110 valence electrons. The van der Waals surface area contributed by atoms with Gasteiger partial charge in [-0.25, -0.2) is 4.58 Å². The SMILES string of the molecule is Cc1cc2c(cc1N(C)C)SC1=C(C=CC(=[N+](C)C)C1)N2. The van der Waals surface area contributed by atoms with Gasteiger partial charge in [-0.15, -0.1) is 0 Å². The van der Waals surface area contributed by atoms with E-state index in [1.165, 1.54) is 38.1 Å². The van der Waals surface area contributed by atoms with Crippen LogP contribution in [-0.4, -0.2) is 38.5 Å². The van der Waals surface area contributed by atoms with Gasteiger partial charge in [-0.05, 0) is 30.7 Å². The minimum Gasteiger partial charge on any atom is -0.377 e. The van der Waals surface area contributed by atoms with Crippen LogP contribution in [0.25, 0.3) is 0 Å². The van der Waals surface area contributed by atoms with Crippen LogP contribution < -0.4 is 10.2 Å².